The fourth-order valence-corrected chi connectivity index (χ4v) is 4.67. The highest BCUT2D eigenvalue weighted by molar-refractivity contribution is 6.30. The van der Waals surface area contributed by atoms with E-state index < -0.39 is 0 Å². The zero-order valence-corrected chi connectivity index (χ0v) is 15.4. The number of benzene rings is 1. The molecule has 4 rings (SSSR count). The minimum Gasteiger partial charge on any atom is -0.444 e. The lowest BCUT2D eigenvalue weighted by Gasteiger charge is -2.45. The average molecular weight is 374 g/mol. The molecule has 1 aromatic carbocycles. The molecule has 2 saturated carbocycles. The van der Waals surface area contributed by atoms with E-state index in [1.54, 1.807) is 18.4 Å². The summed E-state index contributed by atoms with van der Waals surface area (Å²) in [7, 11) is 0. The maximum absolute atomic E-state index is 12.5. The number of aromatic nitrogens is 1. The molecular weight excluding hydrogens is 350 g/mol. The molecule has 26 heavy (non-hydrogen) atoms. The van der Waals surface area contributed by atoms with Gasteiger partial charge in [0, 0.05) is 22.7 Å². The van der Waals surface area contributed by atoms with Crippen molar-refractivity contribution < 1.29 is 9.21 Å². The molecule has 3 N–H and O–H groups in total. The van der Waals surface area contributed by atoms with Gasteiger partial charge in [-0.15, -0.1) is 0 Å². The van der Waals surface area contributed by atoms with Crippen molar-refractivity contribution >= 4 is 17.5 Å². The Balaban J connectivity index is 1.39. The molecule has 1 heterocycles. The van der Waals surface area contributed by atoms with Crippen LogP contribution in [0.2, 0.25) is 5.02 Å². The van der Waals surface area contributed by atoms with E-state index in [-0.39, 0.29) is 24.4 Å². The second-order valence-electron chi connectivity index (χ2n) is 7.60. The van der Waals surface area contributed by atoms with Crippen LogP contribution in [0.25, 0.3) is 11.5 Å². The van der Waals surface area contributed by atoms with Gasteiger partial charge in [0.15, 0.2) is 0 Å². The Hall–Kier alpha value is -1.85. The highest BCUT2D eigenvalue weighted by Crippen LogP contribution is 2.39. The summed E-state index contributed by atoms with van der Waals surface area (Å²) in [4.78, 5) is 17.0. The Morgan fingerprint density at radius 2 is 1.92 bits per heavy atom. The third kappa shape index (κ3) is 3.79. The number of nitrogens with two attached hydrogens (primary N) is 1. The van der Waals surface area contributed by atoms with E-state index in [1.807, 2.05) is 12.1 Å². The number of nitrogens with zero attached hydrogens (tertiary/aromatic N) is 1. The molecule has 2 aliphatic rings. The zero-order chi connectivity index (χ0) is 18.1. The van der Waals surface area contributed by atoms with Gasteiger partial charge in [0.1, 0.15) is 6.26 Å². The Labute approximate surface area is 158 Å². The largest absolute Gasteiger partial charge is 0.444 e. The number of carbonyl (C=O) groups is 1. The Morgan fingerprint density at radius 1 is 1.23 bits per heavy atom. The van der Waals surface area contributed by atoms with Crippen LogP contribution in [0.3, 0.4) is 0 Å². The first-order valence-corrected chi connectivity index (χ1v) is 9.71. The van der Waals surface area contributed by atoms with Crippen molar-refractivity contribution in [3.63, 3.8) is 0 Å². The lowest BCUT2D eigenvalue weighted by Crippen LogP contribution is -2.54. The lowest BCUT2D eigenvalue weighted by atomic mass is 9.67. The highest BCUT2D eigenvalue weighted by Gasteiger charge is 2.39. The van der Waals surface area contributed by atoms with Crippen LogP contribution >= 0.6 is 11.6 Å². The number of hydrogen-bond acceptors (Lipinski definition) is 4. The summed E-state index contributed by atoms with van der Waals surface area (Å²) in [6, 6.07) is 7.84. The van der Waals surface area contributed by atoms with Gasteiger partial charge in [-0.2, -0.15) is 0 Å². The predicted molar refractivity (Wildman–Crippen MR) is 101 cm³/mol. The first-order valence-electron chi connectivity index (χ1n) is 9.34. The van der Waals surface area contributed by atoms with Crippen LogP contribution in [-0.4, -0.2) is 23.0 Å². The molecule has 138 valence electrons. The first kappa shape index (κ1) is 17.6. The summed E-state index contributed by atoms with van der Waals surface area (Å²) < 4.78 is 5.52. The Morgan fingerprint density at radius 3 is 2.62 bits per heavy atom. The Bertz CT molecular complexity index is 760. The first-order chi connectivity index (χ1) is 12.6. The van der Waals surface area contributed by atoms with Crippen LogP contribution < -0.4 is 11.1 Å². The molecule has 0 radical (unpaired) electrons. The van der Waals surface area contributed by atoms with E-state index in [9.17, 15) is 4.79 Å². The fraction of sp³-hybridized carbons (Fsp3) is 0.500. The maximum atomic E-state index is 12.5. The molecular formula is C20H24ClN3O2. The molecule has 2 fully saturated rings. The SMILES string of the molecule is NC1CC2CCCC(C1)C2NC(=O)Cc1coc(-c2ccc(Cl)cc2)n1. The number of rotatable bonds is 4. The molecule has 0 aliphatic heterocycles. The second kappa shape index (κ2) is 7.41. The van der Waals surface area contributed by atoms with Gasteiger partial charge in [0.25, 0.3) is 0 Å². The van der Waals surface area contributed by atoms with Crippen molar-refractivity contribution in [2.24, 2.45) is 17.6 Å². The number of nitrogens with one attached hydrogen (secondary N) is 1. The van der Waals surface area contributed by atoms with Crippen molar-refractivity contribution in [3.8, 4) is 11.5 Å². The van der Waals surface area contributed by atoms with Crippen LogP contribution in [0.4, 0.5) is 0 Å². The van der Waals surface area contributed by atoms with E-state index in [2.05, 4.69) is 10.3 Å². The van der Waals surface area contributed by atoms with Gasteiger partial charge in [-0.3, -0.25) is 4.79 Å². The highest BCUT2D eigenvalue weighted by atomic mass is 35.5. The van der Waals surface area contributed by atoms with Crippen molar-refractivity contribution in [2.75, 3.05) is 0 Å². The Kier molecular flexibility index (Phi) is 5.00. The van der Waals surface area contributed by atoms with E-state index in [1.165, 1.54) is 19.3 Å². The average Bonchev–Trinajstić information content (AvgIpc) is 3.04. The lowest BCUT2D eigenvalue weighted by molar-refractivity contribution is -0.122. The fourth-order valence-electron chi connectivity index (χ4n) is 4.54. The van der Waals surface area contributed by atoms with E-state index in [0.717, 1.165) is 18.4 Å². The number of halogens is 1. The molecule has 6 heteroatoms. The number of fused-ring (bicyclic) bond motifs is 2. The standard InChI is InChI=1S/C20H24ClN3O2/c21-15-6-4-12(5-7-15)20-23-17(11-26-20)10-18(25)24-19-13-2-1-3-14(19)9-16(22)8-13/h4-7,11,13-14,16,19H,1-3,8-10,22H2,(H,24,25). The topological polar surface area (TPSA) is 81.1 Å². The summed E-state index contributed by atoms with van der Waals surface area (Å²) in [6.45, 7) is 0. The van der Waals surface area contributed by atoms with Crippen LogP contribution in [0, 0.1) is 11.8 Å². The number of amides is 1. The van der Waals surface area contributed by atoms with Crippen molar-refractivity contribution in [1.29, 1.82) is 0 Å². The second-order valence-corrected chi connectivity index (χ2v) is 8.04. The number of oxazole rings is 1. The monoisotopic (exact) mass is 373 g/mol. The molecule has 5 nitrogen and oxygen atoms in total. The normalized spacial score (nSPS) is 27.9. The van der Waals surface area contributed by atoms with Crippen molar-refractivity contribution in [2.45, 2.75) is 50.6 Å². The summed E-state index contributed by atoms with van der Waals surface area (Å²) in [5.41, 5.74) is 7.65. The summed E-state index contributed by atoms with van der Waals surface area (Å²) in [6.07, 6.45) is 7.42. The minimum absolute atomic E-state index is 0.0123. The maximum Gasteiger partial charge on any atom is 0.226 e. The summed E-state index contributed by atoms with van der Waals surface area (Å²) in [5.74, 6) is 1.55. The van der Waals surface area contributed by atoms with Gasteiger partial charge in [-0.25, -0.2) is 4.98 Å². The molecule has 1 amide bonds. The van der Waals surface area contributed by atoms with Crippen molar-refractivity contribution in [1.82, 2.24) is 10.3 Å². The third-order valence-electron chi connectivity index (χ3n) is 5.69. The van der Waals surface area contributed by atoms with Crippen LogP contribution in [-0.2, 0) is 11.2 Å². The molecule has 2 atom stereocenters. The van der Waals surface area contributed by atoms with E-state index in [4.69, 9.17) is 21.8 Å². The summed E-state index contributed by atoms with van der Waals surface area (Å²) in [5, 5.41) is 3.92. The molecule has 0 spiro atoms. The third-order valence-corrected chi connectivity index (χ3v) is 5.94. The molecule has 1 aromatic heterocycles. The predicted octanol–water partition coefficient (Wildman–Crippen LogP) is 3.56. The van der Waals surface area contributed by atoms with Gasteiger partial charge in [0.05, 0.1) is 12.1 Å². The van der Waals surface area contributed by atoms with E-state index >= 15 is 0 Å². The quantitative estimate of drug-likeness (QED) is 0.858. The van der Waals surface area contributed by atoms with Crippen LogP contribution in [0.1, 0.15) is 37.8 Å². The smallest absolute Gasteiger partial charge is 0.226 e. The minimum atomic E-state index is 0.0123. The summed E-state index contributed by atoms with van der Waals surface area (Å²) >= 11 is 5.90. The van der Waals surface area contributed by atoms with Crippen LogP contribution in [0.5, 0.6) is 0 Å². The molecule has 2 aliphatic carbocycles. The molecule has 2 aromatic rings. The van der Waals surface area contributed by atoms with E-state index in [0.29, 0.717) is 28.4 Å². The van der Waals surface area contributed by atoms with Gasteiger partial charge in [-0.1, -0.05) is 18.0 Å². The van der Waals surface area contributed by atoms with Crippen molar-refractivity contribution in [3.05, 3.63) is 41.2 Å². The van der Waals surface area contributed by atoms with Gasteiger partial charge in [-0.05, 0) is 61.8 Å². The number of hydrogen-bond donors (Lipinski definition) is 2. The molecule has 2 bridgehead atoms. The van der Waals surface area contributed by atoms with Gasteiger partial charge < -0.3 is 15.5 Å². The zero-order valence-electron chi connectivity index (χ0n) is 14.7. The number of carbonyl (C=O) groups excluding carboxylic acids is 1. The molecule has 0 saturated heterocycles. The van der Waals surface area contributed by atoms with Crippen LogP contribution in [0.15, 0.2) is 34.9 Å². The van der Waals surface area contributed by atoms with Gasteiger partial charge >= 0.3 is 0 Å². The van der Waals surface area contributed by atoms with Gasteiger partial charge in [0.2, 0.25) is 11.8 Å². The molecule has 2 unspecified atom stereocenters.